The zero-order valence-corrected chi connectivity index (χ0v) is 16.8. The molecule has 0 saturated heterocycles. The van der Waals surface area contributed by atoms with E-state index in [1.807, 2.05) is 19.9 Å². The fraction of sp³-hybridized carbons (Fsp3) is 0.273. The minimum absolute atomic E-state index is 0.0210. The molecule has 0 aliphatic rings. The van der Waals surface area contributed by atoms with Crippen LogP contribution in [0.3, 0.4) is 0 Å². The third kappa shape index (κ3) is 8.59. The van der Waals surface area contributed by atoms with Crippen LogP contribution in [0.25, 0.3) is 0 Å². The number of allylic oxidation sites excluding steroid dienone is 9. The highest BCUT2D eigenvalue weighted by Gasteiger charge is 2.16. The van der Waals surface area contributed by atoms with Gasteiger partial charge in [0.25, 0.3) is 0 Å². The van der Waals surface area contributed by atoms with E-state index in [1.165, 1.54) is 0 Å². The first-order valence-electron chi connectivity index (χ1n) is 7.94. The quantitative estimate of drug-likeness (QED) is 0.135. The molecule has 0 aliphatic heterocycles. The highest BCUT2D eigenvalue weighted by Crippen LogP contribution is 2.26. The first-order chi connectivity index (χ1) is 11.6. The van der Waals surface area contributed by atoms with E-state index in [-0.39, 0.29) is 18.1 Å². The van der Waals surface area contributed by atoms with Crippen LogP contribution in [0.4, 0.5) is 0 Å². The highest BCUT2D eigenvalue weighted by atomic mass is 79.9. The second-order valence-corrected chi connectivity index (χ2v) is 6.59. The lowest BCUT2D eigenvalue weighted by Crippen LogP contribution is -2.11. The average Bonchev–Trinajstić information content (AvgIpc) is 2.57. The first-order valence-corrected chi connectivity index (χ1v) is 9.06. The largest absolute Gasteiger partial charge is 0.303 e. The Bertz CT molecular complexity index is 660. The Morgan fingerprint density at radius 3 is 2.20 bits per heavy atom. The molecule has 0 aromatic heterocycles. The van der Waals surface area contributed by atoms with E-state index in [0.717, 1.165) is 28.6 Å². The summed E-state index contributed by atoms with van der Waals surface area (Å²) in [6.07, 6.45) is 6.72. The minimum atomic E-state index is -0.327. The Morgan fingerprint density at radius 1 is 1.08 bits per heavy atom. The summed E-state index contributed by atoms with van der Waals surface area (Å²) in [4.78, 5) is 22.9. The van der Waals surface area contributed by atoms with Crippen molar-refractivity contribution in [1.82, 2.24) is 0 Å². The van der Waals surface area contributed by atoms with Gasteiger partial charge in [0, 0.05) is 17.7 Å². The maximum atomic E-state index is 12.3. The third-order valence-electron chi connectivity index (χ3n) is 3.78. The smallest absolute Gasteiger partial charge is 0.162 e. The zero-order chi connectivity index (χ0) is 19.6. The van der Waals surface area contributed by atoms with Crippen LogP contribution in [0.2, 0.25) is 0 Å². The van der Waals surface area contributed by atoms with Gasteiger partial charge in [0.1, 0.15) is 6.29 Å². The molecule has 0 aromatic carbocycles. The van der Waals surface area contributed by atoms with Gasteiger partial charge in [-0.3, -0.25) is 4.79 Å². The second-order valence-electron chi connectivity index (χ2n) is 6.03. The predicted octanol–water partition coefficient (Wildman–Crippen LogP) is 5.85. The van der Waals surface area contributed by atoms with Crippen LogP contribution >= 0.6 is 15.9 Å². The second kappa shape index (κ2) is 11.5. The van der Waals surface area contributed by atoms with Crippen LogP contribution in [0.1, 0.15) is 26.7 Å². The van der Waals surface area contributed by atoms with Gasteiger partial charge >= 0.3 is 0 Å². The van der Waals surface area contributed by atoms with Gasteiger partial charge in [-0.1, -0.05) is 79.0 Å². The van der Waals surface area contributed by atoms with Crippen molar-refractivity contribution in [3.63, 3.8) is 0 Å². The summed E-state index contributed by atoms with van der Waals surface area (Å²) in [7, 11) is 0. The van der Waals surface area contributed by atoms with Gasteiger partial charge in [-0.15, -0.1) is 0 Å². The fourth-order valence-electron chi connectivity index (χ4n) is 1.98. The Kier molecular flexibility index (Phi) is 10.6. The van der Waals surface area contributed by atoms with Gasteiger partial charge in [0.15, 0.2) is 5.78 Å². The number of hydrogen-bond donors (Lipinski definition) is 0. The molecular weight excluding hydrogens is 376 g/mol. The molecular formula is C22H27BrO2. The van der Waals surface area contributed by atoms with Crippen molar-refractivity contribution < 1.29 is 9.59 Å². The van der Waals surface area contributed by atoms with Crippen molar-refractivity contribution in [2.24, 2.45) is 5.92 Å². The fourth-order valence-corrected chi connectivity index (χ4v) is 2.14. The van der Waals surface area contributed by atoms with Gasteiger partial charge in [-0.25, -0.2) is 0 Å². The molecule has 0 aliphatic carbocycles. The van der Waals surface area contributed by atoms with Gasteiger partial charge in [-0.2, -0.15) is 0 Å². The number of carbonyl (C=O) groups excluding carboxylic acids is 2. The van der Waals surface area contributed by atoms with Crippen molar-refractivity contribution in [2.45, 2.75) is 26.7 Å². The lowest BCUT2D eigenvalue weighted by atomic mass is 9.88. The molecule has 0 amide bonds. The minimum Gasteiger partial charge on any atom is -0.303 e. The van der Waals surface area contributed by atoms with Gasteiger partial charge in [0.05, 0.1) is 0 Å². The summed E-state index contributed by atoms with van der Waals surface area (Å²) in [5, 5.41) is 0.695. The van der Waals surface area contributed by atoms with Crippen molar-refractivity contribution in [3.05, 3.63) is 84.6 Å². The molecule has 134 valence electrons. The zero-order valence-electron chi connectivity index (χ0n) is 15.2. The van der Waals surface area contributed by atoms with Crippen molar-refractivity contribution in [2.75, 3.05) is 5.33 Å². The van der Waals surface area contributed by atoms with Crippen LogP contribution in [0.5, 0.6) is 0 Å². The van der Waals surface area contributed by atoms with Crippen LogP contribution in [0, 0.1) is 5.92 Å². The van der Waals surface area contributed by atoms with E-state index < -0.39 is 0 Å². The first kappa shape index (κ1) is 23.0. The summed E-state index contributed by atoms with van der Waals surface area (Å²) in [5.41, 5.74) is 4.67. The number of halogens is 1. The molecule has 0 rings (SSSR count). The SMILES string of the molecule is C=C(/C=C(C)/C=C/C(=O)[C@H](C)C(=C)CC(=C)C(=C)C(=C)CC=O)CBr. The normalized spacial score (nSPS) is 12.5. The third-order valence-corrected chi connectivity index (χ3v) is 4.50. The molecule has 0 fully saturated rings. The number of hydrogen-bond acceptors (Lipinski definition) is 2. The van der Waals surface area contributed by atoms with Gasteiger partial charge < -0.3 is 4.79 Å². The average molecular weight is 403 g/mol. The standard InChI is InChI=1S/C22H27BrO2/c1-15(12-16(2)14-23)8-9-22(25)21(7)19(5)13-18(4)20(6)17(3)10-11-24/h8-9,11-12,21H,2-6,10,13-14H2,1,7H3/b9-8+,15-12+/t21-/m1/s1. The Hall–Kier alpha value is -2.00. The summed E-state index contributed by atoms with van der Waals surface area (Å²) >= 11 is 3.33. The van der Waals surface area contributed by atoms with Crippen LogP contribution < -0.4 is 0 Å². The van der Waals surface area contributed by atoms with E-state index >= 15 is 0 Å². The molecule has 0 spiro atoms. The number of aldehydes is 1. The Balaban J connectivity index is 4.81. The van der Waals surface area contributed by atoms with Crippen LogP contribution in [-0.2, 0) is 9.59 Å². The van der Waals surface area contributed by atoms with Crippen LogP contribution in [-0.4, -0.2) is 17.4 Å². The van der Waals surface area contributed by atoms with E-state index in [9.17, 15) is 9.59 Å². The maximum absolute atomic E-state index is 12.3. The van der Waals surface area contributed by atoms with Crippen molar-refractivity contribution in [3.8, 4) is 0 Å². The van der Waals surface area contributed by atoms with Crippen molar-refractivity contribution in [1.29, 1.82) is 0 Å². The number of alkyl halides is 1. The molecule has 0 radical (unpaired) electrons. The summed E-state index contributed by atoms with van der Waals surface area (Å²) in [5.74, 6) is -0.348. The molecule has 2 nitrogen and oxygen atoms in total. The summed E-state index contributed by atoms with van der Waals surface area (Å²) in [6.45, 7) is 23.3. The monoisotopic (exact) mass is 402 g/mol. The molecule has 0 saturated carbocycles. The Morgan fingerprint density at radius 2 is 1.68 bits per heavy atom. The molecule has 25 heavy (non-hydrogen) atoms. The molecule has 0 heterocycles. The predicted molar refractivity (Wildman–Crippen MR) is 112 cm³/mol. The number of ketones is 1. The van der Waals surface area contributed by atoms with Crippen molar-refractivity contribution >= 4 is 28.0 Å². The topological polar surface area (TPSA) is 34.1 Å². The van der Waals surface area contributed by atoms with Gasteiger partial charge in [0.2, 0.25) is 0 Å². The van der Waals surface area contributed by atoms with Crippen LogP contribution in [0.15, 0.2) is 84.6 Å². The lowest BCUT2D eigenvalue weighted by molar-refractivity contribution is -0.116. The van der Waals surface area contributed by atoms with E-state index in [2.05, 4.69) is 48.8 Å². The summed E-state index contributed by atoms with van der Waals surface area (Å²) in [6, 6.07) is 0. The number of carbonyl (C=O) groups is 2. The maximum Gasteiger partial charge on any atom is 0.162 e. The number of rotatable bonds is 12. The molecule has 0 N–H and O–H groups in total. The van der Waals surface area contributed by atoms with E-state index in [1.54, 1.807) is 12.2 Å². The highest BCUT2D eigenvalue weighted by molar-refractivity contribution is 9.09. The van der Waals surface area contributed by atoms with E-state index in [0.29, 0.717) is 22.9 Å². The Labute approximate surface area is 160 Å². The molecule has 0 aromatic rings. The molecule has 3 heteroatoms. The molecule has 0 unspecified atom stereocenters. The van der Waals surface area contributed by atoms with Gasteiger partial charge in [-0.05, 0) is 41.7 Å². The molecule has 1 atom stereocenters. The van der Waals surface area contributed by atoms with E-state index in [4.69, 9.17) is 0 Å². The molecule has 0 bridgehead atoms. The lowest BCUT2D eigenvalue weighted by Gasteiger charge is -2.16. The summed E-state index contributed by atoms with van der Waals surface area (Å²) < 4.78 is 0.